The van der Waals surface area contributed by atoms with Crippen LogP contribution in [0.3, 0.4) is 0 Å². The fourth-order valence-electron chi connectivity index (χ4n) is 2.47. The molecule has 0 radical (unpaired) electrons. The number of amides is 2. The van der Waals surface area contributed by atoms with Crippen LogP contribution in [0.15, 0.2) is 36.5 Å². The van der Waals surface area contributed by atoms with Crippen molar-refractivity contribution in [1.29, 1.82) is 0 Å². The van der Waals surface area contributed by atoms with E-state index in [1.54, 1.807) is 41.2 Å². The number of hydrogen-bond donors (Lipinski definition) is 2. The normalized spacial score (nSPS) is 11.6. The largest absolute Gasteiger partial charge is 0.494 e. The molecule has 29 heavy (non-hydrogen) atoms. The maximum absolute atomic E-state index is 12.2. The van der Waals surface area contributed by atoms with Crippen molar-refractivity contribution in [2.24, 2.45) is 0 Å². The van der Waals surface area contributed by atoms with E-state index in [1.165, 1.54) is 6.92 Å². The maximum atomic E-state index is 12.2. The van der Waals surface area contributed by atoms with Gasteiger partial charge in [-0.3, -0.25) is 14.4 Å². The summed E-state index contributed by atoms with van der Waals surface area (Å²) in [5, 5.41) is 9.25. The molecule has 0 saturated carbocycles. The molecule has 1 aromatic heterocycles. The van der Waals surface area contributed by atoms with E-state index in [0.717, 1.165) is 0 Å². The van der Waals surface area contributed by atoms with E-state index >= 15 is 0 Å². The SMILES string of the molecule is CCOc1ccc(C(=O)NCC(=O)O[C@@H](C)C(=O)Nc2ccnn2C(C)C)cc1. The van der Waals surface area contributed by atoms with Gasteiger partial charge < -0.3 is 20.1 Å². The molecule has 2 amide bonds. The van der Waals surface area contributed by atoms with Crippen molar-refractivity contribution in [2.45, 2.75) is 39.8 Å². The highest BCUT2D eigenvalue weighted by Gasteiger charge is 2.20. The van der Waals surface area contributed by atoms with Crippen LogP contribution >= 0.6 is 0 Å². The highest BCUT2D eigenvalue weighted by Crippen LogP contribution is 2.14. The van der Waals surface area contributed by atoms with Gasteiger partial charge in [-0.1, -0.05) is 0 Å². The summed E-state index contributed by atoms with van der Waals surface area (Å²) in [6, 6.07) is 8.26. The minimum atomic E-state index is -1.03. The number of nitrogens with zero attached hydrogens (tertiary/aromatic N) is 2. The van der Waals surface area contributed by atoms with Crippen LogP contribution in [0.5, 0.6) is 5.75 Å². The molecule has 0 unspecified atom stereocenters. The molecule has 0 spiro atoms. The summed E-state index contributed by atoms with van der Waals surface area (Å²) in [5.74, 6) is -0.468. The Morgan fingerprint density at radius 1 is 1.10 bits per heavy atom. The molecule has 0 bridgehead atoms. The van der Waals surface area contributed by atoms with E-state index < -0.39 is 23.9 Å². The summed E-state index contributed by atoms with van der Waals surface area (Å²) in [5.41, 5.74) is 0.383. The Balaban J connectivity index is 1.81. The summed E-state index contributed by atoms with van der Waals surface area (Å²) in [6.07, 6.45) is 0.545. The summed E-state index contributed by atoms with van der Waals surface area (Å²) < 4.78 is 12.0. The van der Waals surface area contributed by atoms with E-state index in [0.29, 0.717) is 23.7 Å². The van der Waals surface area contributed by atoms with Crippen LogP contribution < -0.4 is 15.4 Å². The lowest BCUT2D eigenvalue weighted by atomic mass is 10.2. The number of carbonyl (C=O) groups excluding carboxylic acids is 3. The first-order valence-corrected chi connectivity index (χ1v) is 9.36. The number of esters is 1. The molecule has 1 aromatic carbocycles. The molecule has 156 valence electrons. The Kier molecular flexibility index (Phi) is 7.76. The third kappa shape index (κ3) is 6.34. The third-order valence-corrected chi connectivity index (χ3v) is 3.91. The Morgan fingerprint density at radius 3 is 2.41 bits per heavy atom. The predicted molar refractivity (Wildman–Crippen MR) is 107 cm³/mol. The van der Waals surface area contributed by atoms with Gasteiger partial charge in [0.2, 0.25) is 0 Å². The van der Waals surface area contributed by atoms with Crippen LogP contribution in [0, 0.1) is 0 Å². The Labute approximate surface area is 169 Å². The van der Waals surface area contributed by atoms with Crippen LogP contribution in [0.25, 0.3) is 0 Å². The van der Waals surface area contributed by atoms with Crippen molar-refractivity contribution in [3.8, 4) is 5.75 Å². The number of ether oxygens (including phenoxy) is 2. The molecule has 9 heteroatoms. The first-order valence-electron chi connectivity index (χ1n) is 9.36. The van der Waals surface area contributed by atoms with Gasteiger partial charge in [0.25, 0.3) is 11.8 Å². The maximum Gasteiger partial charge on any atom is 0.326 e. The van der Waals surface area contributed by atoms with Gasteiger partial charge in [0.1, 0.15) is 18.1 Å². The zero-order valence-corrected chi connectivity index (χ0v) is 17.0. The Morgan fingerprint density at radius 2 is 1.79 bits per heavy atom. The molecular weight excluding hydrogens is 376 g/mol. The van der Waals surface area contributed by atoms with Crippen molar-refractivity contribution < 1.29 is 23.9 Å². The summed E-state index contributed by atoms with van der Waals surface area (Å²) >= 11 is 0. The smallest absolute Gasteiger partial charge is 0.326 e. The monoisotopic (exact) mass is 402 g/mol. The quantitative estimate of drug-likeness (QED) is 0.622. The van der Waals surface area contributed by atoms with E-state index in [1.807, 2.05) is 20.8 Å². The highest BCUT2D eigenvalue weighted by atomic mass is 16.5. The summed E-state index contributed by atoms with van der Waals surface area (Å²) in [6.45, 7) is 7.36. The van der Waals surface area contributed by atoms with Crippen molar-refractivity contribution >= 4 is 23.6 Å². The van der Waals surface area contributed by atoms with Crippen LogP contribution in [-0.2, 0) is 14.3 Å². The zero-order valence-electron chi connectivity index (χ0n) is 17.0. The van der Waals surface area contributed by atoms with Gasteiger partial charge in [-0.2, -0.15) is 5.10 Å². The predicted octanol–water partition coefficient (Wildman–Crippen LogP) is 2.16. The summed E-state index contributed by atoms with van der Waals surface area (Å²) in [7, 11) is 0. The topological polar surface area (TPSA) is 112 Å². The zero-order chi connectivity index (χ0) is 21.4. The molecule has 0 fully saturated rings. The first kappa shape index (κ1) is 21.9. The molecule has 0 aliphatic carbocycles. The molecule has 2 N–H and O–H groups in total. The van der Waals surface area contributed by atoms with E-state index in [4.69, 9.17) is 9.47 Å². The van der Waals surface area contributed by atoms with Crippen molar-refractivity contribution in [3.63, 3.8) is 0 Å². The second kappa shape index (κ2) is 10.3. The average molecular weight is 402 g/mol. The van der Waals surface area contributed by atoms with Crippen molar-refractivity contribution in [2.75, 3.05) is 18.5 Å². The van der Waals surface area contributed by atoms with Gasteiger partial charge in [0, 0.05) is 17.7 Å². The lowest BCUT2D eigenvalue weighted by Gasteiger charge is -2.16. The average Bonchev–Trinajstić information content (AvgIpc) is 3.15. The van der Waals surface area contributed by atoms with Crippen molar-refractivity contribution in [1.82, 2.24) is 15.1 Å². The number of carbonyl (C=O) groups is 3. The molecule has 0 saturated heterocycles. The van der Waals surface area contributed by atoms with E-state index in [-0.39, 0.29) is 12.6 Å². The Bertz CT molecular complexity index is 845. The molecule has 0 aliphatic rings. The van der Waals surface area contributed by atoms with Gasteiger partial charge in [0.15, 0.2) is 6.10 Å². The molecular formula is C20H26N4O5. The second-order valence-corrected chi connectivity index (χ2v) is 6.52. The standard InChI is InChI=1S/C20H26N4O5/c1-5-28-16-8-6-15(7-9-16)20(27)21-12-18(25)29-14(4)19(26)23-17-10-11-22-24(17)13(2)3/h6-11,13-14H,5,12H2,1-4H3,(H,21,27)(H,23,26)/t14-/m0/s1. The van der Waals surface area contributed by atoms with Gasteiger partial charge in [-0.15, -0.1) is 0 Å². The number of anilines is 1. The first-order chi connectivity index (χ1) is 13.8. The van der Waals surface area contributed by atoms with Crippen LogP contribution in [0.1, 0.15) is 44.1 Å². The number of aromatic nitrogens is 2. The number of rotatable bonds is 9. The fourth-order valence-corrected chi connectivity index (χ4v) is 2.47. The van der Waals surface area contributed by atoms with E-state index in [9.17, 15) is 14.4 Å². The minimum absolute atomic E-state index is 0.0657. The molecule has 9 nitrogen and oxygen atoms in total. The third-order valence-electron chi connectivity index (χ3n) is 3.91. The minimum Gasteiger partial charge on any atom is -0.494 e. The highest BCUT2D eigenvalue weighted by molar-refractivity contribution is 5.97. The number of benzene rings is 1. The molecule has 1 atom stereocenters. The lowest BCUT2D eigenvalue weighted by Crippen LogP contribution is -2.36. The van der Waals surface area contributed by atoms with Crippen LogP contribution in [-0.4, -0.2) is 46.8 Å². The molecule has 0 aliphatic heterocycles. The summed E-state index contributed by atoms with van der Waals surface area (Å²) in [4.78, 5) is 36.3. The van der Waals surface area contributed by atoms with Gasteiger partial charge in [0.05, 0.1) is 12.8 Å². The molecule has 2 aromatic rings. The van der Waals surface area contributed by atoms with Gasteiger partial charge in [-0.25, -0.2) is 4.68 Å². The van der Waals surface area contributed by atoms with Crippen molar-refractivity contribution in [3.05, 3.63) is 42.1 Å². The Hall–Kier alpha value is -3.36. The van der Waals surface area contributed by atoms with Crippen LogP contribution in [0.2, 0.25) is 0 Å². The lowest BCUT2D eigenvalue weighted by molar-refractivity contribution is -0.152. The van der Waals surface area contributed by atoms with Crippen LogP contribution in [0.4, 0.5) is 5.82 Å². The second-order valence-electron chi connectivity index (χ2n) is 6.52. The fraction of sp³-hybridized carbons (Fsp3) is 0.400. The van der Waals surface area contributed by atoms with Gasteiger partial charge >= 0.3 is 5.97 Å². The van der Waals surface area contributed by atoms with E-state index in [2.05, 4.69) is 15.7 Å². The molecule has 1 heterocycles. The molecule has 2 rings (SSSR count). The number of hydrogen-bond acceptors (Lipinski definition) is 6. The number of nitrogens with one attached hydrogen (secondary N) is 2. The van der Waals surface area contributed by atoms with Gasteiger partial charge in [-0.05, 0) is 52.0 Å².